The van der Waals surface area contributed by atoms with Crippen LogP contribution in [0.1, 0.15) is 24.1 Å². The predicted molar refractivity (Wildman–Crippen MR) is 112 cm³/mol. The van der Waals surface area contributed by atoms with Gasteiger partial charge >= 0.3 is 0 Å². The maximum atomic E-state index is 11.9. The molecule has 5 rings (SSSR count). The number of carbonyl (C=O) groups excluding carboxylic acids is 1. The molecular formula is C22H20N6O. The molecule has 3 heterocycles. The van der Waals surface area contributed by atoms with Gasteiger partial charge in [-0.25, -0.2) is 9.50 Å². The Morgan fingerprint density at radius 3 is 3.00 bits per heavy atom. The number of nitrogens with two attached hydrogens (primary N) is 1. The average molecular weight is 384 g/mol. The number of nitrogen functional groups attached to an aromatic ring is 1. The van der Waals surface area contributed by atoms with Crippen molar-refractivity contribution in [2.45, 2.75) is 25.3 Å². The lowest BCUT2D eigenvalue weighted by Crippen LogP contribution is -2.36. The summed E-state index contributed by atoms with van der Waals surface area (Å²) in [7, 11) is 0. The summed E-state index contributed by atoms with van der Waals surface area (Å²) in [5.74, 6) is 0.331. The van der Waals surface area contributed by atoms with Crippen LogP contribution in [0.4, 0.5) is 5.82 Å². The fraction of sp³-hybridized carbons (Fsp3) is 0.182. The third-order valence-electron chi connectivity index (χ3n) is 5.76. The smallest absolute Gasteiger partial charge is 0.243 e. The second-order valence-electron chi connectivity index (χ2n) is 7.37. The van der Waals surface area contributed by atoms with E-state index >= 15 is 0 Å². The van der Waals surface area contributed by atoms with Gasteiger partial charge in [0.1, 0.15) is 11.8 Å². The van der Waals surface area contributed by atoms with Crippen LogP contribution in [0.2, 0.25) is 0 Å². The van der Waals surface area contributed by atoms with E-state index in [2.05, 4.69) is 40.0 Å². The molecule has 0 bridgehead atoms. The lowest BCUT2D eigenvalue weighted by Gasteiger charge is -2.19. The monoisotopic (exact) mass is 384 g/mol. The summed E-state index contributed by atoms with van der Waals surface area (Å²) in [6.45, 7) is 5.67. The third-order valence-corrected chi connectivity index (χ3v) is 5.76. The van der Waals surface area contributed by atoms with E-state index in [0.717, 1.165) is 38.8 Å². The van der Waals surface area contributed by atoms with Gasteiger partial charge in [-0.2, -0.15) is 5.10 Å². The van der Waals surface area contributed by atoms with Crippen molar-refractivity contribution >= 4 is 28.1 Å². The maximum Gasteiger partial charge on any atom is 0.243 e. The van der Waals surface area contributed by atoms with E-state index in [4.69, 9.17) is 5.73 Å². The maximum absolute atomic E-state index is 11.9. The Hall–Kier alpha value is -3.74. The largest absolute Gasteiger partial charge is 0.382 e. The lowest BCUT2D eigenvalue weighted by atomic mass is 9.93. The van der Waals surface area contributed by atoms with E-state index in [-0.39, 0.29) is 17.9 Å². The van der Waals surface area contributed by atoms with E-state index in [9.17, 15) is 4.79 Å². The van der Waals surface area contributed by atoms with Crippen LogP contribution in [0.3, 0.4) is 0 Å². The van der Waals surface area contributed by atoms with Crippen LogP contribution in [-0.4, -0.2) is 31.5 Å². The average Bonchev–Trinajstić information content (AvgIpc) is 3.23. The first-order valence-corrected chi connectivity index (χ1v) is 9.50. The number of rotatable bonds is 3. The summed E-state index contributed by atoms with van der Waals surface area (Å²) in [5, 5.41) is 8.55. The quantitative estimate of drug-likeness (QED) is 0.529. The molecule has 1 amide bonds. The van der Waals surface area contributed by atoms with E-state index < -0.39 is 0 Å². The molecule has 29 heavy (non-hydrogen) atoms. The molecule has 1 aliphatic carbocycles. The number of benzene rings is 1. The highest BCUT2D eigenvalue weighted by Crippen LogP contribution is 2.45. The molecule has 0 radical (unpaired) electrons. The molecule has 0 spiro atoms. The first-order chi connectivity index (χ1) is 14.1. The summed E-state index contributed by atoms with van der Waals surface area (Å²) < 4.78 is 1.86. The van der Waals surface area contributed by atoms with Crippen molar-refractivity contribution in [2.24, 2.45) is 0 Å². The van der Waals surface area contributed by atoms with Gasteiger partial charge in [-0.3, -0.25) is 9.78 Å². The van der Waals surface area contributed by atoms with Crippen molar-refractivity contribution in [1.29, 1.82) is 0 Å². The minimum absolute atomic E-state index is 0.0363. The number of amides is 1. The number of aromatic nitrogens is 4. The number of pyridine rings is 1. The van der Waals surface area contributed by atoms with Gasteiger partial charge in [0.15, 0.2) is 5.82 Å². The fourth-order valence-electron chi connectivity index (χ4n) is 4.38. The van der Waals surface area contributed by atoms with Crippen molar-refractivity contribution in [3.05, 3.63) is 66.8 Å². The number of nitrogens with zero attached hydrogens (tertiary/aromatic N) is 4. The molecule has 3 aromatic heterocycles. The Bertz CT molecular complexity index is 1290. The summed E-state index contributed by atoms with van der Waals surface area (Å²) in [6, 6.07) is 10.1. The fourth-order valence-corrected chi connectivity index (χ4v) is 4.38. The van der Waals surface area contributed by atoms with Gasteiger partial charge in [-0.1, -0.05) is 31.7 Å². The Labute approximate surface area is 167 Å². The van der Waals surface area contributed by atoms with Gasteiger partial charge in [0.05, 0.1) is 5.52 Å². The van der Waals surface area contributed by atoms with Gasteiger partial charge in [-0.15, -0.1) is 0 Å². The molecule has 4 aromatic rings. The molecule has 2 atom stereocenters. The molecule has 144 valence electrons. The zero-order valence-corrected chi connectivity index (χ0v) is 16.0. The summed E-state index contributed by atoms with van der Waals surface area (Å²) in [4.78, 5) is 20.8. The van der Waals surface area contributed by atoms with Gasteiger partial charge in [0.25, 0.3) is 0 Å². The van der Waals surface area contributed by atoms with E-state index in [1.807, 2.05) is 35.0 Å². The molecular weight excluding hydrogens is 364 g/mol. The molecule has 0 unspecified atom stereocenters. The molecule has 0 saturated heterocycles. The highest BCUT2D eigenvalue weighted by molar-refractivity contribution is 5.95. The standard InChI is InChI=1S/C22H20N6O/c1-3-18(29)27-16-9-17-19(12(16)2)20(21-22(23)25-11-26-28(17)21)14-8-13-6-4-5-7-15(13)24-10-14/h3-8,10-12,16H,1,9H2,2H3,(H,27,29)(H2,23,25,26)/t12-,16-/m1/s1. The van der Waals surface area contributed by atoms with Crippen LogP contribution in [0.5, 0.6) is 0 Å². The van der Waals surface area contributed by atoms with Crippen LogP contribution < -0.4 is 11.1 Å². The van der Waals surface area contributed by atoms with Crippen molar-refractivity contribution in [1.82, 2.24) is 24.9 Å². The second-order valence-corrected chi connectivity index (χ2v) is 7.37. The zero-order valence-electron chi connectivity index (χ0n) is 16.0. The Kier molecular flexibility index (Phi) is 3.84. The van der Waals surface area contributed by atoms with Crippen molar-refractivity contribution in [3.8, 4) is 11.1 Å². The van der Waals surface area contributed by atoms with Crippen LogP contribution >= 0.6 is 0 Å². The Morgan fingerprint density at radius 2 is 2.17 bits per heavy atom. The van der Waals surface area contributed by atoms with Crippen LogP contribution in [0.25, 0.3) is 27.5 Å². The number of fused-ring (bicyclic) bond motifs is 4. The third kappa shape index (κ3) is 2.58. The van der Waals surface area contributed by atoms with Gasteiger partial charge in [0, 0.05) is 46.8 Å². The first-order valence-electron chi connectivity index (χ1n) is 9.50. The van der Waals surface area contributed by atoms with Crippen molar-refractivity contribution in [3.63, 3.8) is 0 Å². The zero-order chi connectivity index (χ0) is 20.1. The van der Waals surface area contributed by atoms with Crippen molar-refractivity contribution in [2.75, 3.05) is 5.73 Å². The van der Waals surface area contributed by atoms with Gasteiger partial charge < -0.3 is 11.1 Å². The van der Waals surface area contributed by atoms with Crippen LogP contribution in [-0.2, 0) is 11.2 Å². The Balaban J connectivity index is 1.75. The number of para-hydroxylation sites is 1. The molecule has 7 heteroatoms. The molecule has 1 aliphatic rings. The molecule has 7 nitrogen and oxygen atoms in total. The van der Waals surface area contributed by atoms with Crippen LogP contribution in [0.15, 0.2) is 55.5 Å². The minimum Gasteiger partial charge on any atom is -0.382 e. The van der Waals surface area contributed by atoms with Gasteiger partial charge in [-0.05, 0) is 23.8 Å². The highest BCUT2D eigenvalue weighted by atomic mass is 16.1. The molecule has 0 aliphatic heterocycles. The molecule has 3 N–H and O–H groups in total. The summed E-state index contributed by atoms with van der Waals surface area (Å²) in [6.07, 6.45) is 5.29. The molecule has 0 saturated carbocycles. The summed E-state index contributed by atoms with van der Waals surface area (Å²) >= 11 is 0. The number of hydrogen-bond acceptors (Lipinski definition) is 5. The lowest BCUT2D eigenvalue weighted by molar-refractivity contribution is -0.117. The number of carbonyl (C=O) groups is 1. The topological polar surface area (TPSA) is 98.2 Å². The second kappa shape index (κ2) is 6.41. The minimum atomic E-state index is -0.177. The van der Waals surface area contributed by atoms with Gasteiger partial charge in [0.2, 0.25) is 5.91 Å². The molecule has 0 fully saturated rings. The van der Waals surface area contributed by atoms with E-state index in [0.29, 0.717) is 12.2 Å². The van der Waals surface area contributed by atoms with Crippen LogP contribution in [0, 0.1) is 0 Å². The number of nitrogens with one attached hydrogen (secondary N) is 1. The Morgan fingerprint density at radius 1 is 1.34 bits per heavy atom. The predicted octanol–water partition coefficient (Wildman–Crippen LogP) is 2.86. The van der Waals surface area contributed by atoms with E-state index in [1.165, 1.54) is 12.4 Å². The van der Waals surface area contributed by atoms with E-state index in [1.54, 1.807) is 0 Å². The SMILES string of the molecule is C=CC(=O)N[C@@H]1Cc2c(c(-c3cnc4ccccc4c3)c3c(N)ncnn23)[C@@H]1C. The van der Waals surface area contributed by atoms with Crippen molar-refractivity contribution < 1.29 is 4.79 Å². The first kappa shape index (κ1) is 17.4. The summed E-state index contributed by atoms with van der Waals surface area (Å²) in [5.41, 5.74) is 12.1. The highest BCUT2D eigenvalue weighted by Gasteiger charge is 2.37. The number of anilines is 1. The molecule has 1 aromatic carbocycles. The number of hydrogen-bond donors (Lipinski definition) is 2. The normalized spacial score (nSPS) is 18.1.